The Kier molecular flexibility index (Phi) is 5.00. The van der Waals surface area contributed by atoms with Crippen LogP contribution in [0.3, 0.4) is 0 Å². The minimum absolute atomic E-state index is 0.00326. The summed E-state index contributed by atoms with van der Waals surface area (Å²) in [5, 5.41) is 11.7. The Hall–Kier alpha value is -2.85. The van der Waals surface area contributed by atoms with E-state index in [0.717, 1.165) is 16.7 Å². The lowest BCUT2D eigenvalue weighted by atomic mass is 9.84. The molecule has 25 heavy (non-hydrogen) atoms. The summed E-state index contributed by atoms with van der Waals surface area (Å²) < 4.78 is 5.45. The van der Waals surface area contributed by atoms with Crippen LogP contribution < -0.4 is 4.74 Å². The van der Waals surface area contributed by atoms with Gasteiger partial charge in [-0.15, -0.1) is 0 Å². The summed E-state index contributed by atoms with van der Waals surface area (Å²) in [6, 6.07) is 22.3. The number of halogens is 1. The summed E-state index contributed by atoms with van der Waals surface area (Å²) in [4.78, 5) is 10.6. The van der Waals surface area contributed by atoms with Gasteiger partial charge >= 0.3 is 0 Å². The number of benzene rings is 3. The molecule has 0 spiro atoms. The number of nitro benzene ring substituents is 1. The van der Waals surface area contributed by atoms with Crippen LogP contribution in [0.5, 0.6) is 5.75 Å². The van der Waals surface area contributed by atoms with Crippen LogP contribution >= 0.6 is 11.6 Å². The fourth-order valence-corrected chi connectivity index (χ4v) is 3.03. The number of rotatable bonds is 5. The number of hydrogen-bond acceptors (Lipinski definition) is 3. The zero-order valence-corrected chi connectivity index (χ0v) is 14.3. The van der Waals surface area contributed by atoms with Crippen LogP contribution in [0.25, 0.3) is 0 Å². The maximum Gasteiger partial charge on any atom is 0.273 e. The number of nitrogens with zero attached hydrogens (tertiary/aromatic N) is 1. The first-order valence-electron chi connectivity index (χ1n) is 7.73. The molecule has 3 rings (SSSR count). The summed E-state index contributed by atoms with van der Waals surface area (Å²) in [5.74, 6) is 0.368. The zero-order valence-electron chi connectivity index (χ0n) is 13.6. The molecule has 0 saturated carbocycles. The van der Waals surface area contributed by atoms with Crippen molar-refractivity contribution in [2.45, 2.75) is 5.92 Å². The van der Waals surface area contributed by atoms with Gasteiger partial charge in [-0.1, -0.05) is 54.1 Å². The smallest absolute Gasteiger partial charge is 0.273 e. The number of methoxy groups -OCH3 is 1. The van der Waals surface area contributed by atoms with Gasteiger partial charge in [0.1, 0.15) is 5.75 Å². The predicted octanol–water partition coefficient (Wildman–Crippen LogP) is 5.44. The first-order valence-corrected chi connectivity index (χ1v) is 8.10. The van der Waals surface area contributed by atoms with Gasteiger partial charge in [-0.05, 0) is 29.3 Å². The molecule has 0 heterocycles. The highest BCUT2D eigenvalue weighted by molar-refractivity contribution is 6.30. The van der Waals surface area contributed by atoms with E-state index >= 15 is 0 Å². The van der Waals surface area contributed by atoms with Gasteiger partial charge in [0.05, 0.1) is 18.1 Å². The molecule has 0 fully saturated rings. The lowest BCUT2D eigenvalue weighted by Gasteiger charge is -2.21. The van der Waals surface area contributed by atoms with Crippen LogP contribution in [0, 0.1) is 10.1 Å². The average molecular weight is 354 g/mol. The highest BCUT2D eigenvalue weighted by atomic mass is 35.5. The molecular formula is C20H16ClNO3. The van der Waals surface area contributed by atoms with Crippen molar-refractivity contribution in [1.29, 1.82) is 0 Å². The van der Waals surface area contributed by atoms with Crippen molar-refractivity contribution in [3.8, 4) is 5.75 Å². The van der Waals surface area contributed by atoms with Crippen LogP contribution in [-0.2, 0) is 0 Å². The highest BCUT2D eigenvalue weighted by Gasteiger charge is 2.22. The van der Waals surface area contributed by atoms with Crippen molar-refractivity contribution in [3.05, 3.63) is 105 Å². The SMILES string of the molecule is COc1cc([N+](=O)[O-])ccc1C(c1ccccc1)c1ccc(Cl)cc1. The van der Waals surface area contributed by atoms with Crippen molar-refractivity contribution in [1.82, 2.24) is 0 Å². The minimum Gasteiger partial charge on any atom is -0.496 e. The highest BCUT2D eigenvalue weighted by Crippen LogP contribution is 2.39. The van der Waals surface area contributed by atoms with Crippen molar-refractivity contribution in [2.75, 3.05) is 7.11 Å². The molecule has 4 nitrogen and oxygen atoms in total. The second-order valence-corrected chi connectivity index (χ2v) is 6.02. The summed E-state index contributed by atoms with van der Waals surface area (Å²) >= 11 is 6.02. The number of ether oxygens (including phenoxy) is 1. The first kappa shape index (κ1) is 17.0. The average Bonchev–Trinajstić information content (AvgIpc) is 2.64. The quantitative estimate of drug-likeness (QED) is 0.349. The molecule has 1 unspecified atom stereocenters. The Balaban J connectivity index is 2.18. The number of non-ortho nitro benzene ring substituents is 1. The summed E-state index contributed by atoms with van der Waals surface area (Å²) in [6.45, 7) is 0. The molecular weight excluding hydrogens is 338 g/mol. The van der Waals surface area contributed by atoms with E-state index in [2.05, 4.69) is 0 Å². The van der Waals surface area contributed by atoms with Gasteiger partial charge < -0.3 is 4.74 Å². The molecule has 0 aliphatic carbocycles. The zero-order chi connectivity index (χ0) is 17.8. The Morgan fingerprint density at radius 2 is 1.60 bits per heavy atom. The maximum atomic E-state index is 11.1. The fourth-order valence-electron chi connectivity index (χ4n) is 2.90. The van der Waals surface area contributed by atoms with E-state index in [9.17, 15) is 10.1 Å². The van der Waals surface area contributed by atoms with Crippen LogP contribution in [0.4, 0.5) is 5.69 Å². The van der Waals surface area contributed by atoms with Crippen LogP contribution in [0.1, 0.15) is 22.6 Å². The second-order valence-electron chi connectivity index (χ2n) is 5.58. The van der Waals surface area contributed by atoms with Crippen molar-refractivity contribution >= 4 is 17.3 Å². The Bertz CT molecular complexity index is 879. The standard InChI is InChI=1S/C20H16ClNO3/c1-25-19-13-17(22(23)24)11-12-18(19)20(14-5-3-2-4-6-14)15-7-9-16(21)10-8-15/h2-13,20H,1H3. The van der Waals surface area contributed by atoms with E-state index in [-0.39, 0.29) is 11.6 Å². The molecule has 0 aromatic heterocycles. The van der Waals surface area contributed by atoms with E-state index in [4.69, 9.17) is 16.3 Å². The lowest BCUT2D eigenvalue weighted by molar-refractivity contribution is -0.384. The van der Waals surface area contributed by atoms with Gasteiger partial charge in [-0.2, -0.15) is 0 Å². The van der Waals surface area contributed by atoms with Crippen LogP contribution in [0.2, 0.25) is 5.02 Å². The van der Waals surface area contributed by atoms with E-state index < -0.39 is 4.92 Å². The number of nitro groups is 1. The van der Waals surface area contributed by atoms with Gasteiger partial charge in [0.25, 0.3) is 5.69 Å². The second kappa shape index (κ2) is 7.36. The molecule has 0 aliphatic rings. The molecule has 0 N–H and O–H groups in total. The van der Waals surface area contributed by atoms with E-state index in [1.165, 1.54) is 19.2 Å². The third kappa shape index (κ3) is 3.64. The molecule has 0 saturated heterocycles. The maximum absolute atomic E-state index is 11.1. The molecule has 1 atom stereocenters. The molecule has 0 aliphatic heterocycles. The van der Waals surface area contributed by atoms with Crippen LogP contribution in [-0.4, -0.2) is 12.0 Å². The largest absolute Gasteiger partial charge is 0.496 e. The Morgan fingerprint density at radius 3 is 2.20 bits per heavy atom. The topological polar surface area (TPSA) is 52.4 Å². The summed E-state index contributed by atoms with van der Waals surface area (Å²) in [6.07, 6.45) is 0. The van der Waals surface area contributed by atoms with E-state index in [0.29, 0.717) is 10.8 Å². The molecule has 126 valence electrons. The molecule has 0 radical (unpaired) electrons. The molecule has 3 aromatic rings. The van der Waals surface area contributed by atoms with Crippen molar-refractivity contribution in [3.63, 3.8) is 0 Å². The molecule has 0 amide bonds. The van der Waals surface area contributed by atoms with Gasteiger partial charge in [0, 0.05) is 22.6 Å². The predicted molar refractivity (Wildman–Crippen MR) is 98.5 cm³/mol. The van der Waals surface area contributed by atoms with Gasteiger partial charge in [0.15, 0.2) is 0 Å². The van der Waals surface area contributed by atoms with E-state index in [1.54, 1.807) is 6.07 Å². The summed E-state index contributed by atoms with van der Waals surface area (Å²) in [5.41, 5.74) is 2.96. The fraction of sp³-hybridized carbons (Fsp3) is 0.100. The molecule has 3 aromatic carbocycles. The van der Waals surface area contributed by atoms with E-state index in [1.807, 2.05) is 54.6 Å². The van der Waals surface area contributed by atoms with Crippen molar-refractivity contribution in [2.24, 2.45) is 0 Å². The minimum atomic E-state index is -0.424. The monoisotopic (exact) mass is 353 g/mol. The van der Waals surface area contributed by atoms with Crippen molar-refractivity contribution < 1.29 is 9.66 Å². The van der Waals surface area contributed by atoms with Crippen LogP contribution in [0.15, 0.2) is 72.8 Å². The van der Waals surface area contributed by atoms with Gasteiger partial charge in [0.2, 0.25) is 0 Å². The summed E-state index contributed by atoms with van der Waals surface area (Å²) in [7, 11) is 1.52. The third-order valence-electron chi connectivity index (χ3n) is 4.08. The van der Waals surface area contributed by atoms with Gasteiger partial charge in [-0.3, -0.25) is 10.1 Å². The molecule has 0 bridgehead atoms. The van der Waals surface area contributed by atoms with Gasteiger partial charge in [-0.25, -0.2) is 0 Å². The lowest BCUT2D eigenvalue weighted by Crippen LogP contribution is -2.06. The normalized spacial score (nSPS) is 11.8. The Labute approximate surface area is 150 Å². The first-order chi connectivity index (χ1) is 12.1. The third-order valence-corrected chi connectivity index (χ3v) is 4.33. The number of hydrogen-bond donors (Lipinski definition) is 0. The molecule has 5 heteroatoms. The Morgan fingerprint density at radius 1 is 0.960 bits per heavy atom.